The monoisotopic (exact) mass is 514 g/mol. The van der Waals surface area contributed by atoms with Crippen molar-refractivity contribution in [3.05, 3.63) is 96.1 Å². The summed E-state index contributed by atoms with van der Waals surface area (Å²) in [5, 5.41) is 0. The van der Waals surface area contributed by atoms with E-state index in [2.05, 4.69) is 61.6 Å². The molecule has 0 N–H and O–H groups in total. The molecule has 4 nitrogen and oxygen atoms in total. The highest BCUT2D eigenvalue weighted by Crippen LogP contribution is 2.51. The summed E-state index contributed by atoms with van der Waals surface area (Å²) in [7, 11) is 0. The second kappa shape index (κ2) is 12.0. The molecular weight excluding hydrogens is 472 g/mol. The van der Waals surface area contributed by atoms with E-state index in [1.165, 1.54) is 18.4 Å². The average molecular weight is 515 g/mol. The first-order valence-electron chi connectivity index (χ1n) is 14.5. The van der Waals surface area contributed by atoms with Crippen molar-refractivity contribution in [2.24, 2.45) is 10.8 Å². The highest BCUT2D eigenvalue weighted by atomic mass is 16.7. The zero-order valence-corrected chi connectivity index (χ0v) is 22.8. The normalized spacial score (nSPS) is 25.0. The zero-order valence-electron chi connectivity index (χ0n) is 22.8. The Morgan fingerprint density at radius 3 is 2.26 bits per heavy atom. The minimum absolute atomic E-state index is 0.00278. The van der Waals surface area contributed by atoms with E-state index >= 15 is 0 Å². The standard InChI is InChI=1S/C34H42O4/c1-32(21-10-11-25-34(32)36-26-27-37-34)20-9-8-19-30(38-31(35)29-17-6-3-7-18-29)33(23-13-24-33)22-12-16-28-14-4-2-5-15-28/h2-9,14-15,17-20,30H,10-13,16,21-27H2,1H3/b19-8+,20-9+/t30?,32-/m1/s1. The van der Waals surface area contributed by atoms with Crippen LogP contribution in [0, 0.1) is 10.8 Å². The highest BCUT2D eigenvalue weighted by Gasteiger charge is 2.52. The van der Waals surface area contributed by atoms with Crippen LogP contribution in [0.1, 0.15) is 80.6 Å². The van der Waals surface area contributed by atoms with Gasteiger partial charge in [-0.05, 0) is 68.7 Å². The van der Waals surface area contributed by atoms with Crippen LogP contribution in [0.2, 0.25) is 0 Å². The third-order valence-corrected chi connectivity index (χ3v) is 9.12. The number of hydrogen-bond acceptors (Lipinski definition) is 4. The molecule has 38 heavy (non-hydrogen) atoms. The summed E-state index contributed by atoms with van der Waals surface area (Å²) in [5.74, 6) is -0.744. The van der Waals surface area contributed by atoms with Gasteiger partial charge in [0.1, 0.15) is 6.10 Å². The summed E-state index contributed by atoms with van der Waals surface area (Å²) in [6.07, 6.45) is 19.2. The fraction of sp³-hybridized carbons (Fsp3) is 0.500. The van der Waals surface area contributed by atoms with E-state index in [9.17, 15) is 4.79 Å². The Kier molecular flexibility index (Phi) is 8.50. The van der Waals surface area contributed by atoms with Gasteiger partial charge in [0, 0.05) is 17.3 Å². The molecule has 5 rings (SSSR count). The first-order chi connectivity index (χ1) is 18.5. The summed E-state index contributed by atoms with van der Waals surface area (Å²) in [6.45, 7) is 3.59. The molecule has 1 saturated heterocycles. The van der Waals surface area contributed by atoms with Crippen LogP contribution in [0.4, 0.5) is 0 Å². The molecule has 0 amide bonds. The van der Waals surface area contributed by atoms with E-state index < -0.39 is 5.79 Å². The topological polar surface area (TPSA) is 44.8 Å². The van der Waals surface area contributed by atoms with Crippen molar-refractivity contribution in [3.63, 3.8) is 0 Å². The Labute approximate surface area is 228 Å². The van der Waals surface area contributed by atoms with E-state index in [0.29, 0.717) is 18.8 Å². The smallest absolute Gasteiger partial charge is 0.338 e. The van der Waals surface area contributed by atoms with Gasteiger partial charge >= 0.3 is 5.97 Å². The molecule has 1 aliphatic heterocycles. The van der Waals surface area contributed by atoms with Gasteiger partial charge in [0.15, 0.2) is 5.79 Å². The molecule has 2 aromatic carbocycles. The number of rotatable bonds is 10. The van der Waals surface area contributed by atoms with Crippen LogP contribution in [0.15, 0.2) is 85.0 Å². The molecule has 2 atom stereocenters. The highest BCUT2D eigenvalue weighted by molar-refractivity contribution is 5.89. The van der Waals surface area contributed by atoms with Gasteiger partial charge in [-0.3, -0.25) is 0 Å². The van der Waals surface area contributed by atoms with Gasteiger partial charge in [0.25, 0.3) is 0 Å². The molecule has 3 aliphatic rings. The van der Waals surface area contributed by atoms with Crippen molar-refractivity contribution in [2.45, 2.75) is 83.0 Å². The summed E-state index contributed by atoms with van der Waals surface area (Å²) in [5.41, 5.74) is 1.81. The number of aryl methyl sites for hydroxylation is 1. The van der Waals surface area contributed by atoms with Crippen molar-refractivity contribution in [3.8, 4) is 0 Å². The molecule has 0 radical (unpaired) electrons. The number of carbonyl (C=O) groups is 1. The molecule has 0 aromatic heterocycles. The van der Waals surface area contributed by atoms with E-state index in [0.717, 1.165) is 51.4 Å². The molecular formula is C34H42O4. The lowest BCUT2D eigenvalue weighted by molar-refractivity contribution is -0.235. The summed E-state index contributed by atoms with van der Waals surface area (Å²) in [4.78, 5) is 13.1. The quantitative estimate of drug-likeness (QED) is 0.239. The van der Waals surface area contributed by atoms with E-state index in [1.807, 2.05) is 30.3 Å². The second-order valence-electron chi connectivity index (χ2n) is 11.6. The van der Waals surface area contributed by atoms with Crippen LogP contribution in [-0.4, -0.2) is 31.1 Å². The first-order valence-corrected chi connectivity index (χ1v) is 14.5. The van der Waals surface area contributed by atoms with Gasteiger partial charge in [-0.1, -0.05) is 86.5 Å². The Morgan fingerprint density at radius 1 is 0.895 bits per heavy atom. The molecule has 2 aromatic rings. The molecule has 4 heteroatoms. The maximum atomic E-state index is 13.1. The van der Waals surface area contributed by atoms with Gasteiger partial charge < -0.3 is 14.2 Å². The zero-order chi connectivity index (χ0) is 26.3. The molecule has 0 bridgehead atoms. The third kappa shape index (κ3) is 5.82. The number of hydrogen-bond donors (Lipinski definition) is 0. The van der Waals surface area contributed by atoms with Gasteiger partial charge in [-0.2, -0.15) is 0 Å². The molecule has 1 unspecified atom stereocenters. The summed E-state index contributed by atoms with van der Waals surface area (Å²) >= 11 is 0. The Morgan fingerprint density at radius 2 is 1.58 bits per heavy atom. The van der Waals surface area contributed by atoms with Crippen molar-refractivity contribution in [2.75, 3.05) is 13.2 Å². The third-order valence-electron chi connectivity index (χ3n) is 9.12. The lowest BCUT2D eigenvalue weighted by Gasteiger charge is -2.46. The fourth-order valence-corrected chi connectivity index (χ4v) is 6.62. The van der Waals surface area contributed by atoms with Crippen LogP contribution < -0.4 is 0 Å². The van der Waals surface area contributed by atoms with Gasteiger partial charge in [0.05, 0.1) is 18.8 Å². The van der Waals surface area contributed by atoms with Gasteiger partial charge in [-0.15, -0.1) is 0 Å². The predicted octanol–water partition coefficient (Wildman–Crippen LogP) is 7.84. The number of ether oxygens (including phenoxy) is 3. The molecule has 202 valence electrons. The summed E-state index contributed by atoms with van der Waals surface area (Å²) < 4.78 is 18.6. The minimum Gasteiger partial charge on any atom is -0.454 e. The van der Waals surface area contributed by atoms with Crippen LogP contribution in [0.25, 0.3) is 0 Å². The first kappa shape index (κ1) is 26.9. The van der Waals surface area contributed by atoms with Crippen molar-refractivity contribution >= 4 is 5.97 Å². The van der Waals surface area contributed by atoms with Gasteiger partial charge in [0.2, 0.25) is 0 Å². The molecule has 1 heterocycles. The SMILES string of the molecule is C[C@@]1(/C=C/C=C/C(OC(=O)c2ccccc2)C2(CCCc3ccccc3)CCC2)CCCCC12OCCO2. The lowest BCUT2D eigenvalue weighted by atomic mass is 9.62. The molecule has 1 spiro atoms. The predicted molar refractivity (Wildman–Crippen MR) is 151 cm³/mol. The molecule has 2 aliphatic carbocycles. The minimum atomic E-state index is -0.499. The summed E-state index contributed by atoms with van der Waals surface area (Å²) in [6, 6.07) is 20.0. The van der Waals surface area contributed by atoms with Crippen molar-refractivity contribution < 1.29 is 19.0 Å². The van der Waals surface area contributed by atoms with Gasteiger partial charge in [-0.25, -0.2) is 4.79 Å². The van der Waals surface area contributed by atoms with Crippen LogP contribution in [0.3, 0.4) is 0 Å². The van der Waals surface area contributed by atoms with Crippen LogP contribution in [-0.2, 0) is 20.6 Å². The Bertz CT molecular complexity index is 1100. The molecule has 3 fully saturated rings. The lowest BCUT2D eigenvalue weighted by Crippen LogP contribution is -2.48. The Hall–Kier alpha value is -2.69. The second-order valence-corrected chi connectivity index (χ2v) is 11.6. The van der Waals surface area contributed by atoms with Crippen molar-refractivity contribution in [1.29, 1.82) is 0 Å². The number of allylic oxidation sites excluding steroid dienone is 2. The van der Waals surface area contributed by atoms with Crippen LogP contribution in [0.5, 0.6) is 0 Å². The fourth-order valence-electron chi connectivity index (χ4n) is 6.62. The van der Waals surface area contributed by atoms with E-state index in [1.54, 1.807) is 0 Å². The Balaban J connectivity index is 1.32. The number of carbonyl (C=O) groups excluding carboxylic acids is 1. The maximum absolute atomic E-state index is 13.1. The number of esters is 1. The van der Waals surface area contributed by atoms with E-state index in [-0.39, 0.29) is 22.9 Å². The molecule has 2 saturated carbocycles. The number of benzene rings is 2. The van der Waals surface area contributed by atoms with Crippen molar-refractivity contribution in [1.82, 2.24) is 0 Å². The average Bonchev–Trinajstić information content (AvgIpc) is 3.41. The largest absolute Gasteiger partial charge is 0.454 e. The van der Waals surface area contributed by atoms with Crippen LogP contribution >= 0.6 is 0 Å². The maximum Gasteiger partial charge on any atom is 0.338 e. The van der Waals surface area contributed by atoms with E-state index in [4.69, 9.17) is 14.2 Å².